The van der Waals surface area contributed by atoms with Crippen LogP contribution in [0.3, 0.4) is 0 Å². The minimum absolute atomic E-state index is 0.169. The smallest absolute Gasteiger partial charge is 0.325 e. The summed E-state index contributed by atoms with van der Waals surface area (Å²) in [6.45, 7) is 2.29. The normalized spacial score (nSPS) is 18.2. The number of benzene rings is 2. The summed E-state index contributed by atoms with van der Waals surface area (Å²) in [5.74, 6) is -2.03. The highest BCUT2D eigenvalue weighted by atomic mass is 35.5. The molecule has 8 nitrogen and oxygen atoms in total. The lowest BCUT2D eigenvalue weighted by atomic mass is 9.92. The van der Waals surface area contributed by atoms with E-state index in [1.165, 1.54) is 50.2 Å². The summed E-state index contributed by atoms with van der Waals surface area (Å²) in [6, 6.07) is 8.90. The van der Waals surface area contributed by atoms with Crippen molar-refractivity contribution in [3.8, 4) is 0 Å². The standard InChI is InChI=1S/C20H18ClFN4O4/c1-11(27)23-14-7-8-16(15(21)9-14)24-17(28)10-26-18(29)20(2,25-19(26)30)12-3-5-13(22)6-4-12/h3-9H,10H2,1-2H3,(H,23,27)(H,24,28)(H,25,30). The monoisotopic (exact) mass is 432 g/mol. The molecule has 0 radical (unpaired) electrons. The molecule has 10 heteroatoms. The van der Waals surface area contributed by atoms with Crippen LogP contribution >= 0.6 is 11.6 Å². The van der Waals surface area contributed by atoms with Gasteiger partial charge in [-0.2, -0.15) is 0 Å². The van der Waals surface area contributed by atoms with Gasteiger partial charge in [-0.05, 0) is 42.8 Å². The number of imide groups is 1. The third-order valence-corrected chi connectivity index (χ3v) is 4.87. The number of carbonyl (C=O) groups excluding carboxylic acids is 4. The lowest BCUT2D eigenvalue weighted by Crippen LogP contribution is -2.42. The molecule has 1 fully saturated rings. The summed E-state index contributed by atoms with van der Waals surface area (Å²) < 4.78 is 13.2. The molecule has 1 aliphatic rings. The zero-order valence-corrected chi connectivity index (χ0v) is 16.8. The van der Waals surface area contributed by atoms with Crippen molar-refractivity contribution in [2.24, 2.45) is 0 Å². The Labute approximate surface area is 176 Å². The van der Waals surface area contributed by atoms with Crippen molar-refractivity contribution < 1.29 is 23.6 Å². The molecule has 0 spiro atoms. The number of nitrogens with zero attached hydrogens (tertiary/aromatic N) is 1. The second-order valence-electron chi connectivity index (χ2n) is 6.88. The summed E-state index contributed by atoms with van der Waals surface area (Å²) in [4.78, 5) is 49.4. The van der Waals surface area contributed by atoms with Crippen LogP contribution in [0, 0.1) is 5.82 Å². The maximum Gasteiger partial charge on any atom is 0.325 e. The van der Waals surface area contributed by atoms with E-state index in [9.17, 15) is 23.6 Å². The molecular weight excluding hydrogens is 415 g/mol. The van der Waals surface area contributed by atoms with Crippen LogP contribution in [0.2, 0.25) is 5.02 Å². The van der Waals surface area contributed by atoms with Gasteiger partial charge in [-0.15, -0.1) is 0 Å². The predicted molar refractivity (Wildman–Crippen MR) is 108 cm³/mol. The quantitative estimate of drug-likeness (QED) is 0.631. The van der Waals surface area contributed by atoms with Crippen molar-refractivity contribution in [3.63, 3.8) is 0 Å². The lowest BCUT2D eigenvalue weighted by Gasteiger charge is -2.22. The molecule has 3 N–H and O–H groups in total. The number of halogens is 2. The lowest BCUT2D eigenvalue weighted by molar-refractivity contribution is -0.133. The molecule has 5 amide bonds. The van der Waals surface area contributed by atoms with E-state index in [0.29, 0.717) is 11.3 Å². The number of rotatable bonds is 5. The van der Waals surface area contributed by atoms with Crippen LogP contribution in [0.4, 0.5) is 20.6 Å². The highest BCUT2D eigenvalue weighted by Crippen LogP contribution is 2.29. The summed E-state index contributed by atoms with van der Waals surface area (Å²) in [6.07, 6.45) is 0. The van der Waals surface area contributed by atoms with Gasteiger partial charge >= 0.3 is 6.03 Å². The summed E-state index contributed by atoms with van der Waals surface area (Å²) >= 11 is 6.11. The van der Waals surface area contributed by atoms with E-state index in [1.54, 1.807) is 6.07 Å². The van der Waals surface area contributed by atoms with Gasteiger partial charge in [0.2, 0.25) is 11.8 Å². The van der Waals surface area contributed by atoms with Crippen LogP contribution in [-0.2, 0) is 19.9 Å². The van der Waals surface area contributed by atoms with E-state index >= 15 is 0 Å². The summed E-state index contributed by atoms with van der Waals surface area (Å²) in [7, 11) is 0. The molecular formula is C20H18ClFN4O4. The van der Waals surface area contributed by atoms with Gasteiger partial charge in [-0.1, -0.05) is 23.7 Å². The average molecular weight is 433 g/mol. The molecule has 0 aromatic heterocycles. The molecule has 1 atom stereocenters. The van der Waals surface area contributed by atoms with Crippen molar-refractivity contribution >= 4 is 46.7 Å². The van der Waals surface area contributed by atoms with E-state index in [-0.39, 0.29) is 16.6 Å². The Morgan fingerprint density at radius 3 is 2.40 bits per heavy atom. The third-order valence-electron chi connectivity index (χ3n) is 4.56. The fourth-order valence-corrected chi connectivity index (χ4v) is 3.28. The van der Waals surface area contributed by atoms with Gasteiger partial charge in [0.1, 0.15) is 17.9 Å². The second kappa shape index (κ2) is 8.11. The number of hydrogen-bond donors (Lipinski definition) is 3. The van der Waals surface area contributed by atoms with Gasteiger partial charge < -0.3 is 16.0 Å². The third kappa shape index (κ3) is 4.25. The first-order valence-corrected chi connectivity index (χ1v) is 9.25. The van der Waals surface area contributed by atoms with Crippen LogP contribution in [0.15, 0.2) is 42.5 Å². The molecule has 1 saturated heterocycles. The first-order chi connectivity index (χ1) is 14.1. The average Bonchev–Trinajstić information content (AvgIpc) is 2.88. The maximum absolute atomic E-state index is 13.2. The SMILES string of the molecule is CC(=O)Nc1ccc(NC(=O)CN2C(=O)NC(C)(c3ccc(F)cc3)C2=O)c(Cl)c1. The molecule has 30 heavy (non-hydrogen) atoms. The molecule has 0 bridgehead atoms. The van der Waals surface area contributed by atoms with Crippen molar-refractivity contribution in [2.75, 3.05) is 17.2 Å². The number of amides is 5. The predicted octanol–water partition coefficient (Wildman–Crippen LogP) is 2.84. The van der Waals surface area contributed by atoms with Crippen molar-refractivity contribution in [3.05, 3.63) is 58.9 Å². The zero-order chi connectivity index (χ0) is 22.1. The minimum atomic E-state index is -1.41. The summed E-state index contributed by atoms with van der Waals surface area (Å²) in [5.41, 5.74) is -0.316. The molecule has 1 aliphatic heterocycles. The molecule has 2 aromatic rings. The van der Waals surface area contributed by atoms with Crippen molar-refractivity contribution in [1.82, 2.24) is 10.2 Å². The van der Waals surface area contributed by atoms with E-state index in [4.69, 9.17) is 11.6 Å². The Hall–Kier alpha value is -3.46. The number of nitrogens with one attached hydrogen (secondary N) is 3. The molecule has 2 aromatic carbocycles. The largest absolute Gasteiger partial charge is 0.326 e. The van der Waals surface area contributed by atoms with Gasteiger partial charge in [0.05, 0.1) is 10.7 Å². The number of hydrogen-bond acceptors (Lipinski definition) is 4. The van der Waals surface area contributed by atoms with Gasteiger partial charge in [0.15, 0.2) is 0 Å². The minimum Gasteiger partial charge on any atom is -0.326 e. The fourth-order valence-electron chi connectivity index (χ4n) is 3.05. The Morgan fingerprint density at radius 2 is 1.80 bits per heavy atom. The highest BCUT2D eigenvalue weighted by molar-refractivity contribution is 6.34. The van der Waals surface area contributed by atoms with Crippen LogP contribution in [0.5, 0.6) is 0 Å². The van der Waals surface area contributed by atoms with Gasteiger partial charge in [0.25, 0.3) is 5.91 Å². The molecule has 3 rings (SSSR count). The maximum atomic E-state index is 13.2. The highest BCUT2D eigenvalue weighted by Gasteiger charge is 2.49. The van der Waals surface area contributed by atoms with E-state index in [2.05, 4.69) is 16.0 Å². The number of carbonyl (C=O) groups is 4. The van der Waals surface area contributed by atoms with Gasteiger partial charge in [0, 0.05) is 12.6 Å². The topological polar surface area (TPSA) is 108 Å². The Balaban J connectivity index is 1.71. The van der Waals surface area contributed by atoms with Gasteiger partial charge in [-0.3, -0.25) is 19.3 Å². The zero-order valence-electron chi connectivity index (χ0n) is 16.1. The Kier molecular flexibility index (Phi) is 5.75. The Bertz CT molecular complexity index is 1040. The fraction of sp³-hybridized carbons (Fsp3) is 0.200. The van der Waals surface area contributed by atoms with Crippen molar-refractivity contribution in [2.45, 2.75) is 19.4 Å². The first kappa shape index (κ1) is 21.3. The molecule has 156 valence electrons. The van der Waals surface area contributed by atoms with Crippen LogP contribution < -0.4 is 16.0 Å². The first-order valence-electron chi connectivity index (χ1n) is 8.87. The van der Waals surface area contributed by atoms with E-state index < -0.39 is 35.7 Å². The van der Waals surface area contributed by atoms with Crippen LogP contribution in [-0.4, -0.2) is 35.2 Å². The van der Waals surface area contributed by atoms with E-state index in [0.717, 1.165) is 4.90 Å². The van der Waals surface area contributed by atoms with E-state index in [1.807, 2.05) is 0 Å². The number of urea groups is 1. The molecule has 0 saturated carbocycles. The van der Waals surface area contributed by atoms with Gasteiger partial charge in [-0.25, -0.2) is 9.18 Å². The molecule has 0 aliphatic carbocycles. The molecule has 1 unspecified atom stereocenters. The summed E-state index contributed by atoms with van der Waals surface area (Å²) in [5, 5.41) is 7.80. The molecule has 1 heterocycles. The van der Waals surface area contributed by atoms with Crippen LogP contribution in [0.1, 0.15) is 19.4 Å². The second-order valence-corrected chi connectivity index (χ2v) is 7.28. The number of anilines is 2. The van der Waals surface area contributed by atoms with Crippen LogP contribution in [0.25, 0.3) is 0 Å². The van der Waals surface area contributed by atoms with Crippen molar-refractivity contribution in [1.29, 1.82) is 0 Å². The Morgan fingerprint density at radius 1 is 1.13 bits per heavy atom.